The van der Waals surface area contributed by atoms with Crippen LogP contribution in [0, 0.1) is 11.6 Å². The third-order valence-electron chi connectivity index (χ3n) is 3.36. The minimum Gasteiger partial charge on any atom is -0.486 e. The molecule has 2 aromatic rings. The van der Waals surface area contributed by atoms with Gasteiger partial charge in [-0.25, -0.2) is 8.78 Å². The van der Waals surface area contributed by atoms with Gasteiger partial charge in [0.05, 0.1) is 5.38 Å². The summed E-state index contributed by atoms with van der Waals surface area (Å²) in [4.78, 5) is 0. The molecule has 0 saturated carbocycles. The van der Waals surface area contributed by atoms with Crippen LogP contribution in [0.25, 0.3) is 0 Å². The van der Waals surface area contributed by atoms with Crippen LogP contribution in [-0.2, 0) is 6.42 Å². The predicted octanol–water partition coefficient (Wildman–Crippen LogP) is 4.26. The van der Waals surface area contributed by atoms with Crippen molar-refractivity contribution in [1.82, 2.24) is 0 Å². The molecule has 1 atom stereocenters. The molecule has 2 nitrogen and oxygen atoms in total. The normalized spacial score (nSPS) is 14.8. The lowest BCUT2D eigenvalue weighted by Gasteiger charge is -2.20. The molecule has 0 aliphatic carbocycles. The lowest BCUT2D eigenvalue weighted by atomic mass is 10.0. The van der Waals surface area contributed by atoms with E-state index < -0.39 is 17.0 Å². The Bertz CT molecular complexity index is 661. The fourth-order valence-corrected chi connectivity index (χ4v) is 2.57. The predicted molar refractivity (Wildman–Crippen MR) is 76.1 cm³/mol. The van der Waals surface area contributed by atoms with Gasteiger partial charge < -0.3 is 9.47 Å². The van der Waals surface area contributed by atoms with Crippen molar-refractivity contribution in [1.29, 1.82) is 0 Å². The minimum atomic E-state index is -0.862. The summed E-state index contributed by atoms with van der Waals surface area (Å²) >= 11 is 6.32. The Morgan fingerprint density at radius 3 is 2.62 bits per heavy atom. The Morgan fingerprint density at radius 2 is 1.81 bits per heavy atom. The van der Waals surface area contributed by atoms with E-state index in [2.05, 4.69) is 0 Å². The van der Waals surface area contributed by atoms with E-state index >= 15 is 0 Å². The van der Waals surface area contributed by atoms with Gasteiger partial charge in [0.2, 0.25) is 0 Å². The molecule has 110 valence electrons. The number of hydrogen-bond acceptors (Lipinski definition) is 2. The highest BCUT2D eigenvalue weighted by atomic mass is 35.5. The molecular formula is C16H13ClF2O2. The molecule has 1 aliphatic heterocycles. The lowest BCUT2D eigenvalue weighted by Crippen LogP contribution is -2.15. The zero-order valence-electron chi connectivity index (χ0n) is 11.1. The number of ether oxygens (including phenoxy) is 2. The van der Waals surface area contributed by atoms with Crippen LogP contribution in [0.3, 0.4) is 0 Å². The Kier molecular flexibility index (Phi) is 3.97. The molecule has 21 heavy (non-hydrogen) atoms. The van der Waals surface area contributed by atoms with Crippen LogP contribution < -0.4 is 9.47 Å². The van der Waals surface area contributed by atoms with Crippen LogP contribution in [0.2, 0.25) is 0 Å². The van der Waals surface area contributed by atoms with Crippen molar-refractivity contribution in [2.45, 2.75) is 11.8 Å². The molecule has 1 aliphatic rings. The van der Waals surface area contributed by atoms with E-state index in [0.717, 1.165) is 11.6 Å². The first-order valence-corrected chi connectivity index (χ1v) is 7.05. The molecule has 0 fully saturated rings. The van der Waals surface area contributed by atoms with Gasteiger partial charge in [-0.05, 0) is 35.7 Å². The molecule has 0 N–H and O–H groups in total. The number of halogens is 3. The monoisotopic (exact) mass is 310 g/mol. The SMILES string of the molecule is Fc1cccc(CC(Cl)c2ccc3c(c2)OCCO3)c1F. The fourth-order valence-electron chi connectivity index (χ4n) is 2.27. The van der Waals surface area contributed by atoms with E-state index in [0.29, 0.717) is 24.7 Å². The van der Waals surface area contributed by atoms with Gasteiger partial charge in [-0.1, -0.05) is 18.2 Å². The first-order chi connectivity index (χ1) is 10.1. The average molecular weight is 311 g/mol. The highest BCUT2D eigenvalue weighted by molar-refractivity contribution is 6.21. The van der Waals surface area contributed by atoms with Gasteiger partial charge in [-0.3, -0.25) is 0 Å². The second-order valence-electron chi connectivity index (χ2n) is 4.79. The number of alkyl halides is 1. The Morgan fingerprint density at radius 1 is 1.05 bits per heavy atom. The molecule has 5 heteroatoms. The summed E-state index contributed by atoms with van der Waals surface area (Å²) in [6, 6.07) is 9.46. The van der Waals surface area contributed by atoms with Crippen molar-refractivity contribution < 1.29 is 18.3 Å². The third kappa shape index (κ3) is 2.95. The highest BCUT2D eigenvalue weighted by Crippen LogP contribution is 2.35. The number of fused-ring (bicyclic) bond motifs is 1. The average Bonchev–Trinajstić information content (AvgIpc) is 2.51. The second kappa shape index (κ2) is 5.90. The van der Waals surface area contributed by atoms with E-state index in [4.69, 9.17) is 21.1 Å². The molecule has 3 rings (SSSR count). The van der Waals surface area contributed by atoms with E-state index in [1.165, 1.54) is 12.1 Å². The summed E-state index contributed by atoms with van der Waals surface area (Å²) in [7, 11) is 0. The van der Waals surface area contributed by atoms with Crippen LogP contribution in [0.15, 0.2) is 36.4 Å². The van der Waals surface area contributed by atoms with E-state index in [1.807, 2.05) is 6.07 Å². The zero-order chi connectivity index (χ0) is 14.8. The Labute approximate surface area is 126 Å². The van der Waals surface area contributed by atoms with Gasteiger partial charge in [-0.15, -0.1) is 11.6 Å². The molecule has 0 bridgehead atoms. The molecule has 0 saturated heterocycles. The molecule has 1 unspecified atom stereocenters. The maximum absolute atomic E-state index is 13.7. The summed E-state index contributed by atoms with van der Waals surface area (Å²) in [5.74, 6) is -0.408. The molecule has 2 aromatic carbocycles. The van der Waals surface area contributed by atoms with Crippen LogP contribution in [0.4, 0.5) is 8.78 Å². The van der Waals surface area contributed by atoms with Gasteiger partial charge in [0.1, 0.15) is 13.2 Å². The lowest BCUT2D eigenvalue weighted by molar-refractivity contribution is 0.171. The maximum Gasteiger partial charge on any atom is 0.162 e. The number of rotatable bonds is 3. The Hall–Kier alpha value is -1.81. The zero-order valence-corrected chi connectivity index (χ0v) is 11.9. The molecule has 0 amide bonds. The van der Waals surface area contributed by atoms with Crippen LogP contribution >= 0.6 is 11.6 Å². The summed E-state index contributed by atoms with van der Waals surface area (Å²) < 4.78 is 37.8. The van der Waals surface area contributed by atoms with Crippen molar-refractivity contribution in [3.63, 3.8) is 0 Å². The quantitative estimate of drug-likeness (QED) is 0.789. The van der Waals surface area contributed by atoms with E-state index in [-0.39, 0.29) is 12.0 Å². The summed E-state index contributed by atoms with van der Waals surface area (Å²) in [6.07, 6.45) is 0.199. The highest BCUT2D eigenvalue weighted by Gasteiger charge is 2.18. The summed E-state index contributed by atoms with van der Waals surface area (Å²) in [5.41, 5.74) is 1.04. The maximum atomic E-state index is 13.7. The molecule has 1 heterocycles. The van der Waals surface area contributed by atoms with Crippen LogP contribution in [0.1, 0.15) is 16.5 Å². The molecule has 0 spiro atoms. The van der Waals surface area contributed by atoms with Gasteiger partial charge in [0.15, 0.2) is 23.1 Å². The van der Waals surface area contributed by atoms with Crippen molar-refractivity contribution in [2.75, 3.05) is 13.2 Å². The molecular weight excluding hydrogens is 298 g/mol. The summed E-state index contributed by atoms with van der Waals surface area (Å²) in [6.45, 7) is 1.01. The first kappa shape index (κ1) is 14.1. The topological polar surface area (TPSA) is 18.5 Å². The van der Waals surface area contributed by atoms with Crippen molar-refractivity contribution >= 4 is 11.6 Å². The van der Waals surface area contributed by atoms with Gasteiger partial charge in [0, 0.05) is 0 Å². The molecule has 0 aromatic heterocycles. The van der Waals surface area contributed by atoms with Crippen LogP contribution in [-0.4, -0.2) is 13.2 Å². The summed E-state index contributed by atoms with van der Waals surface area (Å²) in [5, 5.41) is -0.475. The standard InChI is InChI=1S/C16H13ClF2O2/c17-12(8-11-2-1-3-13(18)16(11)19)10-4-5-14-15(9-10)21-7-6-20-14/h1-5,9,12H,6-8H2. The van der Waals surface area contributed by atoms with Crippen molar-refractivity contribution in [3.05, 3.63) is 59.2 Å². The first-order valence-electron chi connectivity index (χ1n) is 6.61. The van der Waals surface area contributed by atoms with Crippen molar-refractivity contribution in [2.24, 2.45) is 0 Å². The van der Waals surface area contributed by atoms with Gasteiger partial charge in [-0.2, -0.15) is 0 Å². The molecule has 0 radical (unpaired) electrons. The van der Waals surface area contributed by atoms with E-state index in [1.54, 1.807) is 12.1 Å². The smallest absolute Gasteiger partial charge is 0.162 e. The third-order valence-corrected chi connectivity index (χ3v) is 3.76. The largest absolute Gasteiger partial charge is 0.486 e. The van der Waals surface area contributed by atoms with Crippen molar-refractivity contribution in [3.8, 4) is 11.5 Å². The van der Waals surface area contributed by atoms with Gasteiger partial charge in [0.25, 0.3) is 0 Å². The number of hydrogen-bond donors (Lipinski definition) is 0. The number of benzene rings is 2. The fraction of sp³-hybridized carbons (Fsp3) is 0.250. The Balaban J connectivity index is 1.82. The van der Waals surface area contributed by atoms with E-state index in [9.17, 15) is 8.78 Å². The minimum absolute atomic E-state index is 0.199. The second-order valence-corrected chi connectivity index (χ2v) is 5.31. The van der Waals surface area contributed by atoms with Gasteiger partial charge >= 0.3 is 0 Å². The van der Waals surface area contributed by atoms with Crippen LogP contribution in [0.5, 0.6) is 11.5 Å².